The number of hydrogen-bond acceptors (Lipinski definition) is 3. The molecule has 0 saturated heterocycles. The minimum absolute atomic E-state index is 0.552. The first-order valence-corrected chi connectivity index (χ1v) is 9.63. The third-order valence-corrected chi connectivity index (χ3v) is 4.72. The Labute approximate surface area is 163 Å². The SMILES string of the molecule is CCCC/C(C=O)=C(\CCOCc1ccc(OC)cc1)c1ccccc1C. The second-order valence-corrected chi connectivity index (χ2v) is 6.69. The van der Waals surface area contributed by atoms with Gasteiger partial charge in [-0.15, -0.1) is 0 Å². The van der Waals surface area contributed by atoms with Crippen LogP contribution in [-0.4, -0.2) is 20.0 Å². The largest absolute Gasteiger partial charge is 0.497 e. The quantitative estimate of drug-likeness (QED) is 0.288. The number of ether oxygens (including phenoxy) is 2. The van der Waals surface area contributed by atoms with Crippen molar-refractivity contribution in [2.45, 2.75) is 46.1 Å². The van der Waals surface area contributed by atoms with E-state index >= 15 is 0 Å². The van der Waals surface area contributed by atoms with Gasteiger partial charge in [-0.05, 0) is 66.2 Å². The van der Waals surface area contributed by atoms with E-state index in [1.165, 1.54) is 5.56 Å². The Morgan fingerprint density at radius 1 is 1.04 bits per heavy atom. The summed E-state index contributed by atoms with van der Waals surface area (Å²) in [6.45, 7) is 5.37. The van der Waals surface area contributed by atoms with Crippen LogP contribution >= 0.6 is 0 Å². The molecule has 0 amide bonds. The first kappa shape index (κ1) is 20.9. The molecule has 3 nitrogen and oxygen atoms in total. The van der Waals surface area contributed by atoms with E-state index in [4.69, 9.17) is 9.47 Å². The van der Waals surface area contributed by atoms with Crippen molar-refractivity contribution in [1.29, 1.82) is 0 Å². The Morgan fingerprint density at radius 3 is 2.41 bits per heavy atom. The van der Waals surface area contributed by atoms with Gasteiger partial charge in [0.2, 0.25) is 0 Å². The number of carbonyl (C=O) groups is 1. The molecule has 0 atom stereocenters. The predicted octanol–water partition coefficient (Wildman–Crippen LogP) is 5.75. The Morgan fingerprint density at radius 2 is 1.78 bits per heavy atom. The molecule has 0 aliphatic heterocycles. The smallest absolute Gasteiger partial charge is 0.146 e. The number of aryl methyl sites for hydroxylation is 1. The number of methoxy groups -OCH3 is 1. The number of benzene rings is 2. The summed E-state index contributed by atoms with van der Waals surface area (Å²) in [6.07, 6.45) is 4.68. The highest BCUT2D eigenvalue weighted by atomic mass is 16.5. The Balaban J connectivity index is 2.06. The molecule has 0 N–H and O–H groups in total. The van der Waals surface area contributed by atoms with E-state index in [2.05, 4.69) is 26.0 Å². The summed E-state index contributed by atoms with van der Waals surface area (Å²) in [5, 5.41) is 0. The van der Waals surface area contributed by atoms with Crippen LogP contribution < -0.4 is 4.74 Å². The lowest BCUT2D eigenvalue weighted by molar-refractivity contribution is -0.105. The third kappa shape index (κ3) is 6.37. The number of rotatable bonds is 11. The summed E-state index contributed by atoms with van der Waals surface area (Å²) in [4.78, 5) is 11.7. The zero-order chi connectivity index (χ0) is 19.5. The first-order chi connectivity index (χ1) is 13.2. The fraction of sp³-hybridized carbons (Fsp3) is 0.375. The lowest BCUT2D eigenvalue weighted by Gasteiger charge is -2.15. The maximum atomic E-state index is 11.7. The highest BCUT2D eigenvalue weighted by Gasteiger charge is 2.11. The van der Waals surface area contributed by atoms with E-state index in [-0.39, 0.29) is 0 Å². The fourth-order valence-corrected chi connectivity index (χ4v) is 3.11. The van der Waals surface area contributed by atoms with Crippen molar-refractivity contribution in [3.8, 4) is 5.75 Å². The Hall–Kier alpha value is -2.39. The number of hydrogen-bond donors (Lipinski definition) is 0. The van der Waals surface area contributed by atoms with Gasteiger partial charge in [0.25, 0.3) is 0 Å². The molecular weight excluding hydrogens is 336 g/mol. The van der Waals surface area contributed by atoms with Gasteiger partial charge in [0.1, 0.15) is 12.0 Å². The van der Waals surface area contributed by atoms with Crippen LogP contribution in [0.5, 0.6) is 5.75 Å². The van der Waals surface area contributed by atoms with E-state index in [1.54, 1.807) is 7.11 Å². The van der Waals surface area contributed by atoms with Crippen molar-refractivity contribution in [1.82, 2.24) is 0 Å². The Kier molecular flexibility index (Phi) is 8.79. The van der Waals surface area contributed by atoms with Crippen LogP contribution in [0.3, 0.4) is 0 Å². The zero-order valence-corrected chi connectivity index (χ0v) is 16.7. The van der Waals surface area contributed by atoms with Crippen molar-refractivity contribution in [2.75, 3.05) is 13.7 Å². The summed E-state index contributed by atoms with van der Waals surface area (Å²) >= 11 is 0. The topological polar surface area (TPSA) is 35.5 Å². The molecule has 2 aromatic rings. The van der Waals surface area contributed by atoms with Gasteiger partial charge in [-0.3, -0.25) is 4.79 Å². The summed E-state index contributed by atoms with van der Waals surface area (Å²) in [5.74, 6) is 0.843. The second-order valence-electron chi connectivity index (χ2n) is 6.69. The molecule has 0 saturated carbocycles. The van der Waals surface area contributed by atoms with E-state index < -0.39 is 0 Å². The maximum absolute atomic E-state index is 11.7. The second kappa shape index (κ2) is 11.3. The van der Waals surface area contributed by atoms with Gasteiger partial charge in [-0.25, -0.2) is 0 Å². The van der Waals surface area contributed by atoms with Crippen LogP contribution in [0.15, 0.2) is 54.1 Å². The van der Waals surface area contributed by atoms with Crippen molar-refractivity contribution in [3.63, 3.8) is 0 Å². The normalized spacial score (nSPS) is 11.8. The summed E-state index contributed by atoms with van der Waals surface area (Å²) in [7, 11) is 1.66. The molecule has 0 spiro atoms. The van der Waals surface area contributed by atoms with Gasteiger partial charge < -0.3 is 9.47 Å². The number of carbonyl (C=O) groups excluding carboxylic acids is 1. The highest BCUT2D eigenvalue weighted by Crippen LogP contribution is 2.27. The van der Waals surface area contributed by atoms with Gasteiger partial charge >= 0.3 is 0 Å². The molecule has 0 aliphatic rings. The minimum atomic E-state index is 0.552. The standard InChI is InChI=1S/C24H30O3/c1-4-5-9-21(17-25)24(23-10-7-6-8-19(23)2)15-16-27-18-20-11-13-22(26-3)14-12-20/h6-8,10-14,17H,4-5,9,15-16,18H2,1-3H3/b24-21-. The average Bonchev–Trinajstić information content (AvgIpc) is 2.71. The van der Waals surface area contributed by atoms with Crippen LogP contribution in [0.4, 0.5) is 0 Å². The number of aldehydes is 1. The lowest BCUT2D eigenvalue weighted by Crippen LogP contribution is -2.02. The van der Waals surface area contributed by atoms with Gasteiger partial charge in [0, 0.05) is 0 Å². The van der Waals surface area contributed by atoms with Gasteiger partial charge in [0.05, 0.1) is 20.3 Å². The predicted molar refractivity (Wildman–Crippen MR) is 111 cm³/mol. The van der Waals surface area contributed by atoms with E-state index in [9.17, 15) is 4.79 Å². The van der Waals surface area contributed by atoms with Crippen LogP contribution in [0.1, 0.15) is 49.3 Å². The van der Waals surface area contributed by atoms with E-state index in [0.29, 0.717) is 13.2 Å². The monoisotopic (exact) mass is 366 g/mol. The molecule has 0 aliphatic carbocycles. The summed E-state index contributed by atoms with van der Waals surface area (Å²) in [5.41, 5.74) is 5.48. The average molecular weight is 367 g/mol. The van der Waals surface area contributed by atoms with Gasteiger partial charge in [-0.1, -0.05) is 49.7 Å². The lowest BCUT2D eigenvalue weighted by atomic mass is 9.92. The molecule has 0 aromatic heterocycles. The molecule has 0 bridgehead atoms. The van der Waals surface area contributed by atoms with E-state index in [1.807, 2.05) is 36.4 Å². The zero-order valence-electron chi connectivity index (χ0n) is 16.7. The van der Waals surface area contributed by atoms with Crippen LogP contribution in [0.25, 0.3) is 5.57 Å². The van der Waals surface area contributed by atoms with E-state index in [0.717, 1.165) is 60.0 Å². The maximum Gasteiger partial charge on any atom is 0.146 e. The number of unbranched alkanes of at least 4 members (excludes halogenated alkanes) is 1. The van der Waals surface area contributed by atoms with Crippen LogP contribution in [-0.2, 0) is 16.1 Å². The third-order valence-electron chi connectivity index (χ3n) is 4.72. The highest BCUT2D eigenvalue weighted by molar-refractivity contribution is 5.88. The molecule has 0 unspecified atom stereocenters. The van der Waals surface area contributed by atoms with Gasteiger partial charge in [0.15, 0.2) is 0 Å². The Bertz CT molecular complexity index is 744. The van der Waals surface area contributed by atoms with Crippen molar-refractivity contribution in [2.24, 2.45) is 0 Å². The molecule has 2 rings (SSSR count). The van der Waals surface area contributed by atoms with Gasteiger partial charge in [-0.2, -0.15) is 0 Å². The molecule has 27 heavy (non-hydrogen) atoms. The van der Waals surface area contributed by atoms with Crippen molar-refractivity contribution >= 4 is 11.9 Å². The molecule has 0 heterocycles. The van der Waals surface area contributed by atoms with Crippen LogP contribution in [0, 0.1) is 6.92 Å². The molecule has 2 aromatic carbocycles. The molecule has 0 radical (unpaired) electrons. The summed E-state index contributed by atoms with van der Waals surface area (Å²) < 4.78 is 11.1. The fourth-order valence-electron chi connectivity index (χ4n) is 3.11. The van der Waals surface area contributed by atoms with Crippen molar-refractivity contribution < 1.29 is 14.3 Å². The minimum Gasteiger partial charge on any atom is -0.497 e. The molecular formula is C24H30O3. The molecule has 0 fully saturated rings. The number of allylic oxidation sites excluding steroid dienone is 1. The van der Waals surface area contributed by atoms with Crippen LogP contribution in [0.2, 0.25) is 0 Å². The first-order valence-electron chi connectivity index (χ1n) is 9.63. The van der Waals surface area contributed by atoms with Crippen molar-refractivity contribution in [3.05, 3.63) is 70.8 Å². The summed E-state index contributed by atoms with van der Waals surface area (Å²) in [6, 6.07) is 16.1. The molecule has 3 heteroatoms. The molecule has 144 valence electrons.